The van der Waals surface area contributed by atoms with Crippen molar-refractivity contribution >= 4 is 35.5 Å². The van der Waals surface area contributed by atoms with Crippen LogP contribution < -0.4 is 20.1 Å². The van der Waals surface area contributed by atoms with Gasteiger partial charge in [0.1, 0.15) is 23.2 Å². The summed E-state index contributed by atoms with van der Waals surface area (Å²) in [7, 11) is 3.45. The number of hydrazone groups is 1. The maximum absolute atomic E-state index is 15.8. The van der Waals surface area contributed by atoms with E-state index in [1.165, 1.54) is 12.5 Å². The summed E-state index contributed by atoms with van der Waals surface area (Å²) in [6, 6.07) is 7.03. The van der Waals surface area contributed by atoms with Crippen LogP contribution in [0, 0.1) is 19.7 Å². The van der Waals surface area contributed by atoms with Crippen molar-refractivity contribution in [1.29, 1.82) is 0 Å². The number of nitrogens with zero attached hydrogens (tertiary/aromatic N) is 5. The van der Waals surface area contributed by atoms with E-state index in [2.05, 4.69) is 40.7 Å². The van der Waals surface area contributed by atoms with Crippen molar-refractivity contribution in [3.63, 3.8) is 0 Å². The summed E-state index contributed by atoms with van der Waals surface area (Å²) in [6.07, 6.45) is 17.9. The molecule has 0 saturated heterocycles. The molecule has 2 aliphatic heterocycles. The van der Waals surface area contributed by atoms with Gasteiger partial charge in [0.2, 0.25) is 17.3 Å². The van der Waals surface area contributed by atoms with E-state index in [0.29, 0.717) is 60.5 Å². The number of amidine groups is 1. The lowest BCUT2D eigenvalue weighted by atomic mass is 10.0. The highest BCUT2D eigenvalue weighted by molar-refractivity contribution is 6.12. The van der Waals surface area contributed by atoms with Gasteiger partial charge in [-0.05, 0) is 57.5 Å². The third-order valence-electron chi connectivity index (χ3n) is 7.64. The Hall–Kier alpha value is -5.29. The molecule has 0 fully saturated rings. The highest BCUT2D eigenvalue weighted by Gasteiger charge is 2.28. The number of ether oxygens (including phenoxy) is 2. The predicted molar refractivity (Wildman–Crippen MR) is 208 cm³/mol. The molecule has 2 N–H and O–H groups in total. The molecule has 2 aromatic carbocycles. The first-order valence-corrected chi connectivity index (χ1v) is 17.3. The van der Waals surface area contributed by atoms with Crippen LogP contribution >= 0.6 is 0 Å². The Kier molecular flexibility index (Phi) is 16.1. The summed E-state index contributed by atoms with van der Waals surface area (Å²) in [6.45, 7) is 18.1. The maximum Gasteiger partial charge on any atom is 0.248 e. The smallest absolute Gasteiger partial charge is 0.248 e. The molecular formula is C40H53FN7O3+. The molecule has 51 heavy (non-hydrogen) atoms. The Labute approximate surface area is 302 Å². The lowest BCUT2D eigenvalue weighted by molar-refractivity contribution is -0.443. The van der Waals surface area contributed by atoms with E-state index >= 15 is 4.39 Å². The first kappa shape index (κ1) is 40.1. The minimum atomic E-state index is -0.509. The number of halogens is 1. The van der Waals surface area contributed by atoms with Gasteiger partial charge in [0.15, 0.2) is 12.8 Å². The molecule has 2 heterocycles. The fourth-order valence-corrected chi connectivity index (χ4v) is 5.14. The number of hydrogen-bond acceptors (Lipinski definition) is 7. The monoisotopic (exact) mass is 698 g/mol. The van der Waals surface area contributed by atoms with Crippen molar-refractivity contribution in [1.82, 2.24) is 15.2 Å². The topological polar surface area (TPSA) is 93.8 Å². The van der Waals surface area contributed by atoms with E-state index in [4.69, 9.17) is 14.5 Å². The van der Waals surface area contributed by atoms with Crippen molar-refractivity contribution in [3.05, 3.63) is 108 Å². The standard InChI is InChI=1S/C37H45FN7O3.C3H8/c1-8-10-17-40-37(42-31-23-27(4)33(25-30(31)38)48-29-15-18-45(41-9-2)28(5)24-29)35-26(3)13-14-32(36(35)47-7)43-19-21-44(22-20-43)34(46)12-11-16-39-6;1-3-2/h9-15,17-19,23-25,39H,5,8,16,20-22H2,1-4,6-7H3,(H,40,42);3H2,1-2H3/q+1;/b12-11+,17-10+,41-9-;. The van der Waals surface area contributed by atoms with Crippen LogP contribution in [0.5, 0.6) is 11.5 Å². The first-order valence-electron chi connectivity index (χ1n) is 17.3. The number of carbonyl (C=O) groups is 1. The average molecular weight is 699 g/mol. The molecule has 2 aliphatic rings. The zero-order valence-electron chi connectivity index (χ0n) is 31.3. The molecular weight excluding hydrogens is 645 g/mol. The van der Waals surface area contributed by atoms with Gasteiger partial charge in [0.25, 0.3) is 0 Å². The molecule has 10 nitrogen and oxygen atoms in total. The van der Waals surface area contributed by atoms with Gasteiger partial charge in [-0.3, -0.25) is 4.79 Å². The molecule has 4 rings (SSSR count). The number of methoxy groups -OCH3 is 1. The molecule has 11 heteroatoms. The number of allylic oxidation sites excluding steroid dienone is 3. The van der Waals surface area contributed by atoms with Gasteiger partial charge in [-0.15, -0.1) is 0 Å². The van der Waals surface area contributed by atoms with E-state index in [9.17, 15) is 4.79 Å². The van der Waals surface area contributed by atoms with Crippen molar-refractivity contribution in [2.75, 3.05) is 45.7 Å². The normalized spacial score (nSPS) is 14.9. The third-order valence-corrected chi connectivity index (χ3v) is 7.64. The number of aliphatic imine (C=N–C) groups is 1. The van der Waals surface area contributed by atoms with Crippen LogP contribution in [-0.4, -0.2) is 79.0 Å². The van der Waals surface area contributed by atoms with Crippen LogP contribution in [0.4, 0.5) is 15.8 Å². The second-order valence-electron chi connectivity index (χ2n) is 11.8. The summed E-state index contributed by atoms with van der Waals surface area (Å²) in [5.41, 5.74) is 4.00. The minimum absolute atomic E-state index is 0.0292. The number of likely N-dealkylation sites (N-methyl/N-ethyl adjacent to an activating group) is 1. The molecule has 0 aromatic heterocycles. The Morgan fingerprint density at radius 1 is 1.16 bits per heavy atom. The predicted octanol–water partition coefficient (Wildman–Crippen LogP) is 7.59. The number of aryl methyl sites for hydroxylation is 2. The lowest BCUT2D eigenvalue weighted by Gasteiger charge is -2.23. The Bertz CT molecular complexity index is 1750. The molecule has 0 bridgehead atoms. The Morgan fingerprint density at radius 2 is 1.92 bits per heavy atom. The van der Waals surface area contributed by atoms with Crippen LogP contribution in [0.15, 0.2) is 95.2 Å². The highest BCUT2D eigenvalue weighted by Crippen LogP contribution is 2.36. The zero-order chi connectivity index (χ0) is 37.3. The Balaban J connectivity index is 0.00000226. The second kappa shape index (κ2) is 20.4. The average Bonchev–Trinajstić information content (AvgIpc) is 3.11. The van der Waals surface area contributed by atoms with Gasteiger partial charge in [-0.2, -0.15) is 9.68 Å². The van der Waals surface area contributed by atoms with Crippen LogP contribution in [0.1, 0.15) is 57.2 Å². The molecule has 272 valence electrons. The molecule has 0 radical (unpaired) electrons. The van der Waals surface area contributed by atoms with Crippen LogP contribution in [0.2, 0.25) is 0 Å². The van der Waals surface area contributed by atoms with Crippen molar-refractivity contribution in [3.8, 4) is 11.5 Å². The fourth-order valence-electron chi connectivity index (χ4n) is 5.14. The number of anilines is 1. The van der Waals surface area contributed by atoms with Crippen LogP contribution in [0.3, 0.4) is 0 Å². The van der Waals surface area contributed by atoms with E-state index in [-0.39, 0.29) is 11.6 Å². The second-order valence-corrected chi connectivity index (χ2v) is 11.8. The number of rotatable bonds is 12. The number of benzene rings is 2. The van der Waals surface area contributed by atoms with E-state index in [0.717, 1.165) is 23.2 Å². The molecule has 1 amide bonds. The van der Waals surface area contributed by atoms with Gasteiger partial charge in [-0.25, -0.2) is 14.4 Å². The SMILES string of the molecule is C=C1C=C(Oc2cc(F)c(NC(=N/C=C/CC)c3c(C)ccc([N+]4=CCN(C(=O)/C=C/CNC)CC4)c3OC)cc2C)C=CN1/N=C\C.CCC. The van der Waals surface area contributed by atoms with E-state index in [1.807, 2.05) is 65.2 Å². The van der Waals surface area contributed by atoms with Gasteiger partial charge >= 0.3 is 0 Å². The van der Waals surface area contributed by atoms with E-state index < -0.39 is 5.82 Å². The summed E-state index contributed by atoms with van der Waals surface area (Å²) >= 11 is 0. The summed E-state index contributed by atoms with van der Waals surface area (Å²) in [4.78, 5) is 19.1. The van der Waals surface area contributed by atoms with Gasteiger partial charge < -0.3 is 25.0 Å². The lowest BCUT2D eigenvalue weighted by Crippen LogP contribution is -2.41. The van der Waals surface area contributed by atoms with Crippen LogP contribution in [-0.2, 0) is 4.79 Å². The molecule has 0 aliphatic carbocycles. The number of hydrogen-bond donors (Lipinski definition) is 2. The maximum atomic E-state index is 15.8. The van der Waals surface area contributed by atoms with Crippen molar-refractivity contribution in [2.24, 2.45) is 10.1 Å². The third kappa shape index (κ3) is 11.1. The highest BCUT2D eigenvalue weighted by atomic mass is 19.1. The number of amides is 1. The largest absolute Gasteiger partial charge is 0.490 e. The number of carbonyl (C=O) groups excluding carboxylic acids is 1. The molecule has 0 saturated carbocycles. The fraction of sp³-hybridized carbons (Fsp3) is 0.350. The van der Waals surface area contributed by atoms with E-state index in [1.54, 1.807) is 59.9 Å². The number of nitrogens with one attached hydrogen (secondary N) is 2. The molecule has 0 atom stereocenters. The van der Waals surface area contributed by atoms with Crippen LogP contribution in [0.25, 0.3) is 0 Å². The van der Waals surface area contributed by atoms with Gasteiger partial charge in [0.05, 0.1) is 37.1 Å². The molecule has 0 unspecified atom stereocenters. The summed E-state index contributed by atoms with van der Waals surface area (Å²) in [5, 5.41) is 12.1. The summed E-state index contributed by atoms with van der Waals surface area (Å²) in [5.74, 6) is 1.37. The van der Waals surface area contributed by atoms with Gasteiger partial charge in [-0.1, -0.05) is 52.0 Å². The quantitative estimate of drug-likeness (QED) is 0.103. The molecule has 2 aromatic rings. The molecule has 0 spiro atoms. The van der Waals surface area contributed by atoms with Crippen molar-refractivity contribution < 1.29 is 23.2 Å². The first-order chi connectivity index (χ1) is 24.6. The van der Waals surface area contributed by atoms with Gasteiger partial charge in [0, 0.05) is 49.4 Å². The Morgan fingerprint density at radius 3 is 2.55 bits per heavy atom. The zero-order valence-corrected chi connectivity index (χ0v) is 31.3. The van der Waals surface area contributed by atoms with Crippen molar-refractivity contribution in [2.45, 2.75) is 54.4 Å². The summed E-state index contributed by atoms with van der Waals surface area (Å²) < 4.78 is 29.9. The minimum Gasteiger partial charge on any atom is -0.490 e.